The average molecular weight is 249 g/mol. The lowest BCUT2D eigenvalue weighted by Crippen LogP contribution is -2.55. The molecule has 2 rings (SSSR count). The summed E-state index contributed by atoms with van der Waals surface area (Å²) < 4.78 is 5.24. The van der Waals surface area contributed by atoms with Gasteiger partial charge in [-0.1, -0.05) is 30.3 Å². The Morgan fingerprint density at radius 2 is 1.94 bits per heavy atom. The van der Waals surface area contributed by atoms with Crippen molar-refractivity contribution in [3.05, 3.63) is 35.9 Å². The third-order valence-electron chi connectivity index (χ3n) is 3.48. The summed E-state index contributed by atoms with van der Waals surface area (Å²) in [4.78, 5) is 11.4. The molecule has 1 fully saturated rings. The number of carboxylic acids is 1. The number of benzene rings is 1. The molecule has 0 spiro atoms. The van der Waals surface area contributed by atoms with Gasteiger partial charge in [0, 0.05) is 19.8 Å². The zero-order valence-corrected chi connectivity index (χ0v) is 10.4. The van der Waals surface area contributed by atoms with E-state index in [4.69, 9.17) is 4.74 Å². The predicted molar refractivity (Wildman–Crippen MR) is 68.6 cm³/mol. The van der Waals surface area contributed by atoms with Crippen LogP contribution in [0.15, 0.2) is 30.3 Å². The molecule has 1 aromatic carbocycles. The second-order valence-corrected chi connectivity index (χ2v) is 4.66. The minimum absolute atomic E-state index is 0.518. The van der Waals surface area contributed by atoms with Crippen LogP contribution < -0.4 is 5.32 Å². The molecule has 1 aromatic rings. The van der Waals surface area contributed by atoms with Gasteiger partial charge in [0.2, 0.25) is 0 Å². The van der Waals surface area contributed by atoms with Crippen molar-refractivity contribution >= 4 is 5.97 Å². The first-order valence-corrected chi connectivity index (χ1v) is 6.33. The number of hydrogen-bond donors (Lipinski definition) is 2. The number of nitrogens with one attached hydrogen (secondary N) is 1. The summed E-state index contributed by atoms with van der Waals surface area (Å²) in [6.45, 7) is 1.71. The van der Waals surface area contributed by atoms with Crippen molar-refractivity contribution in [1.82, 2.24) is 5.32 Å². The summed E-state index contributed by atoms with van der Waals surface area (Å²) in [5.74, 6) is -0.765. The van der Waals surface area contributed by atoms with Crippen LogP contribution in [0.4, 0.5) is 0 Å². The van der Waals surface area contributed by atoms with Crippen LogP contribution in [-0.2, 0) is 16.0 Å². The van der Waals surface area contributed by atoms with Crippen LogP contribution >= 0.6 is 0 Å². The third kappa shape index (κ3) is 3.09. The third-order valence-corrected chi connectivity index (χ3v) is 3.48. The van der Waals surface area contributed by atoms with Crippen LogP contribution in [0.1, 0.15) is 18.4 Å². The fraction of sp³-hybridized carbons (Fsp3) is 0.500. The Morgan fingerprint density at radius 3 is 2.56 bits per heavy atom. The van der Waals surface area contributed by atoms with E-state index in [1.807, 2.05) is 18.2 Å². The summed E-state index contributed by atoms with van der Waals surface area (Å²) in [7, 11) is 0. The van der Waals surface area contributed by atoms with Gasteiger partial charge in [-0.25, -0.2) is 0 Å². The molecule has 0 saturated carbocycles. The SMILES string of the molecule is O=C(O)C1(NCCc2ccccc2)CCOCC1. The largest absolute Gasteiger partial charge is 0.480 e. The highest BCUT2D eigenvalue weighted by molar-refractivity contribution is 5.78. The number of carbonyl (C=O) groups is 1. The van der Waals surface area contributed by atoms with Crippen molar-refractivity contribution in [3.8, 4) is 0 Å². The van der Waals surface area contributed by atoms with Crippen LogP contribution in [0.2, 0.25) is 0 Å². The van der Waals surface area contributed by atoms with Crippen LogP contribution in [0, 0.1) is 0 Å². The molecule has 1 aliphatic rings. The van der Waals surface area contributed by atoms with Gasteiger partial charge in [0.05, 0.1) is 0 Å². The molecule has 0 aromatic heterocycles. The minimum Gasteiger partial charge on any atom is -0.480 e. The van der Waals surface area contributed by atoms with E-state index in [-0.39, 0.29) is 0 Å². The lowest BCUT2D eigenvalue weighted by atomic mass is 9.90. The number of aliphatic carboxylic acids is 1. The van der Waals surface area contributed by atoms with Gasteiger partial charge in [0.25, 0.3) is 0 Å². The predicted octanol–water partition coefficient (Wildman–Crippen LogP) is 1.45. The topological polar surface area (TPSA) is 58.6 Å². The van der Waals surface area contributed by atoms with Gasteiger partial charge >= 0.3 is 5.97 Å². The molecule has 0 radical (unpaired) electrons. The highest BCUT2D eigenvalue weighted by atomic mass is 16.5. The quantitative estimate of drug-likeness (QED) is 0.829. The Kier molecular flexibility index (Phi) is 4.33. The molecule has 4 nitrogen and oxygen atoms in total. The summed E-state index contributed by atoms with van der Waals surface area (Å²) >= 11 is 0. The van der Waals surface area contributed by atoms with E-state index in [2.05, 4.69) is 17.4 Å². The van der Waals surface area contributed by atoms with Crippen LogP contribution in [0.25, 0.3) is 0 Å². The number of ether oxygens (including phenoxy) is 1. The summed E-state index contributed by atoms with van der Waals surface area (Å²) in [6.07, 6.45) is 1.92. The van der Waals surface area contributed by atoms with E-state index in [1.54, 1.807) is 0 Å². The molecule has 4 heteroatoms. The summed E-state index contributed by atoms with van der Waals surface area (Å²) in [5.41, 5.74) is 0.421. The van der Waals surface area contributed by atoms with Crippen LogP contribution in [0.5, 0.6) is 0 Å². The molecule has 1 saturated heterocycles. The molecular formula is C14H19NO3. The van der Waals surface area contributed by atoms with E-state index in [9.17, 15) is 9.90 Å². The molecule has 0 aliphatic carbocycles. The fourth-order valence-electron chi connectivity index (χ4n) is 2.28. The first-order chi connectivity index (χ1) is 8.73. The Bertz CT molecular complexity index is 385. The molecule has 1 heterocycles. The van der Waals surface area contributed by atoms with Gasteiger partial charge in [-0.05, 0) is 24.8 Å². The Labute approximate surface area is 107 Å². The molecular weight excluding hydrogens is 230 g/mol. The number of carboxylic acid groups (broad SMARTS) is 1. The molecule has 0 unspecified atom stereocenters. The lowest BCUT2D eigenvalue weighted by Gasteiger charge is -2.34. The van der Waals surface area contributed by atoms with Crippen molar-refractivity contribution in [1.29, 1.82) is 0 Å². The van der Waals surface area contributed by atoms with Gasteiger partial charge in [-0.15, -0.1) is 0 Å². The van der Waals surface area contributed by atoms with Crippen molar-refractivity contribution in [3.63, 3.8) is 0 Å². The van der Waals surface area contributed by atoms with E-state index in [0.717, 1.165) is 6.42 Å². The first kappa shape index (κ1) is 13.1. The Hall–Kier alpha value is -1.39. The van der Waals surface area contributed by atoms with Gasteiger partial charge in [0.1, 0.15) is 5.54 Å². The molecule has 0 amide bonds. The fourth-order valence-corrected chi connectivity index (χ4v) is 2.28. The standard InChI is InChI=1S/C14H19NO3/c16-13(17)14(7-10-18-11-8-14)15-9-6-12-4-2-1-3-5-12/h1-5,15H,6-11H2,(H,16,17). The zero-order valence-electron chi connectivity index (χ0n) is 10.4. The van der Waals surface area contributed by atoms with Crippen molar-refractivity contribution < 1.29 is 14.6 Å². The molecule has 2 N–H and O–H groups in total. The summed E-state index contributed by atoms with van der Waals surface area (Å²) in [6, 6.07) is 10.1. The van der Waals surface area contributed by atoms with Gasteiger partial charge in [0.15, 0.2) is 0 Å². The van der Waals surface area contributed by atoms with Gasteiger partial charge in [-0.2, -0.15) is 0 Å². The summed E-state index contributed by atoms with van der Waals surface area (Å²) in [5, 5.41) is 12.6. The average Bonchev–Trinajstić information content (AvgIpc) is 2.41. The molecule has 1 aliphatic heterocycles. The van der Waals surface area contributed by atoms with E-state index < -0.39 is 11.5 Å². The second kappa shape index (κ2) is 5.98. The molecule has 98 valence electrons. The van der Waals surface area contributed by atoms with Crippen LogP contribution in [-0.4, -0.2) is 36.4 Å². The second-order valence-electron chi connectivity index (χ2n) is 4.66. The normalized spacial score (nSPS) is 18.4. The van der Waals surface area contributed by atoms with Crippen molar-refractivity contribution in [2.24, 2.45) is 0 Å². The van der Waals surface area contributed by atoms with Crippen molar-refractivity contribution in [2.75, 3.05) is 19.8 Å². The number of rotatable bonds is 5. The van der Waals surface area contributed by atoms with E-state index >= 15 is 0 Å². The molecule has 18 heavy (non-hydrogen) atoms. The lowest BCUT2D eigenvalue weighted by molar-refractivity contribution is -0.149. The van der Waals surface area contributed by atoms with E-state index in [1.165, 1.54) is 5.56 Å². The van der Waals surface area contributed by atoms with Crippen molar-refractivity contribution in [2.45, 2.75) is 24.8 Å². The van der Waals surface area contributed by atoms with Gasteiger partial charge < -0.3 is 15.2 Å². The maximum absolute atomic E-state index is 11.4. The Balaban J connectivity index is 1.88. The highest BCUT2D eigenvalue weighted by Gasteiger charge is 2.39. The Morgan fingerprint density at radius 1 is 1.28 bits per heavy atom. The zero-order chi connectivity index (χ0) is 12.8. The first-order valence-electron chi connectivity index (χ1n) is 6.33. The molecule has 0 atom stereocenters. The maximum atomic E-state index is 11.4. The van der Waals surface area contributed by atoms with E-state index in [0.29, 0.717) is 32.6 Å². The smallest absolute Gasteiger partial charge is 0.324 e. The molecule has 0 bridgehead atoms. The monoisotopic (exact) mass is 249 g/mol. The van der Waals surface area contributed by atoms with Crippen LogP contribution in [0.3, 0.4) is 0 Å². The van der Waals surface area contributed by atoms with Gasteiger partial charge in [-0.3, -0.25) is 4.79 Å². The maximum Gasteiger partial charge on any atom is 0.324 e. The minimum atomic E-state index is -0.799. The highest BCUT2D eigenvalue weighted by Crippen LogP contribution is 2.21. The number of hydrogen-bond acceptors (Lipinski definition) is 3.